The van der Waals surface area contributed by atoms with E-state index in [1.165, 1.54) is 0 Å². The van der Waals surface area contributed by atoms with E-state index in [2.05, 4.69) is 26.3 Å². The van der Waals surface area contributed by atoms with Gasteiger partial charge in [-0.15, -0.1) is 0 Å². The number of hydrogen-bond donors (Lipinski definition) is 0. The second-order valence-electron chi connectivity index (χ2n) is 7.68. The molecule has 0 saturated heterocycles. The van der Waals surface area contributed by atoms with E-state index in [0.29, 0.717) is 11.1 Å². The second kappa shape index (κ2) is 12.8. The molecule has 0 atom stereocenters. The summed E-state index contributed by atoms with van der Waals surface area (Å²) in [6.45, 7) is 18.1. The molecular formula is C30H30O4. The minimum atomic E-state index is -0.418. The molecule has 0 spiro atoms. The SMILES string of the molecule is C=C(C)C(=O)OCc1ccc(COC(=O)C(=C)C)c2ccccc12.C=Cc1ccccc1C=C. The molecule has 0 radical (unpaired) electrons. The number of hydrogen-bond acceptors (Lipinski definition) is 4. The van der Waals surface area contributed by atoms with Crippen LogP contribution in [0.1, 0.15) is 36.1 Å². The highest BCUT2D eigenvalue weighted by atomic mass is 16.5. The van der Waals surface area contributed by atoms with E-state index in [4.69, 9.17) is 9.47 Å². The summed E-state index contributed by atoms with van der Waals surface area (Å²) >= 11 is 0. The molecule has 3 aromatic carbocycles. The average molecular weight is 455 g/mol. The van der Waals surface area contributed by atoms with E-state index >= 15 is 0 Å². The Morgan fingerprint density at radius 2 is 1.03 bits per heavy atom. The zero-order valence-electron chi connectivity index (χ0n) is 19.8. The first-order chi connectivity index (χ1) is 16.3. The zero-order chi connectivity index (χ0) is 25.1. The predicted octanol–water partition coefficient (Wildman–Crippen LogP) is 7.05. The lowest BCUT2D eigenvalue weighted by molar-refractivity contribution is -0.141. The summed E-state index contributed by atoms with van der Waals surface area (Å²) in [5, 5.41) is 1.91. The lowest BCUT2D eigenvalue weighted by atomic mass is 10.0. The van der Waals surface area contributed by atoms with Crippen LogP contribution in [-0.4, -0.2) is 11.9 Å². The average Bonchev–Trinajstić information content (AvgIpc) is 2.86. The van der Waals surface area contributed by atoms with Crippen LogP contribution >= 0.6 is 0 Å². The van der Waals surface area contributed by atoms with Gasteiger partial charge in [-0.2, -0.15) is 0 Å². The Kier molecular flexibility index (Phi) is 9.78. The van der Waals surface area contributed by atoms with Crippen molar-refractivity contribution in [1.82, 2.24) is 0 Å². The maximum atomic E-state index is 11.6. The molecule has 174 valence electrons. The highest BCUT2D eigenvalue weighted by Gasteiger charge is 2.11. The quantitative estimate of drug-likeness (QED) is 0.270. The van der Waals surface area contributed by atoms with Gasteiger partial charge in [0.05, 0.1) is 0 Å². The van der Waals surface area contributed by atoms with Crippen LogP contribution in [0.2, 0.25) is 0 Å². The molecule has 0 amide bonds. The van der Waals surface area contributed by atoms with E-state index < -0.39 is 11.9 Å². The van der Waals surface area contributed by atoms with E-state index in [1.54, 1.807) is 13.8 Å². The van der Waals surface area contributed by atoms with Crippen molar-refractivity contribution in [1.29, 1.82) is 0 Å². The molecule has 4 nitrogen and oxygen atoms in total. The van der Waals surface area contributed by atoms with E-state index in [-0.39, 0.29) is 13.2 Å². The molecule has 0 heterocycles. The van der Waals surface area contributed by atoms with Crippen LogP contribution in [0.3, 0.4) is 0 Å². The third-order valence-corrected chi connectivity index (χ3v) is 4.95. The molecule has 34 heavy (non-hydrogen) atoms. The van der Waals surface area contributed by atoms with Gasteiger partial charge in [-0.25, -0.2) is 9.59 Å². The molecule has 0 saturated carbocycles. The zero-order valence-corrected chi connectivity index (χ0v) is 19.8. The van der Waals surface area contributed by atoms with Crippen LogP contribution in [0.25, 0.3) is 22.9 Å². The van der Waals surface area contributed by atoms with Gasteiger partial charge in [-0.1, -0.05) is 99.1 Å². The third kappa shape index (κ3) is 7.17. The third-order valence-electron chi connectivity index (χ3n) is 4.95. The minimum Gasteiger partial charge on any atom is -0.457 e. The smallest absolute Gasteiger partial charge is 0.333 e. The normalized spacial score (nSPS) is 9.82. The molecule has 0 aliphatic rings. The van der Waals surface area contributed by atoms with Crippen molar-refractivity contribution in [2.24, 2.45) is 0 Å². The van der Waals surface area contributed by atoms with Crippen molar-refractivity contribution in [3.63, 3.8) is 0 Å². The number of benzene rings is 3. The largest absolute Gasteiger partial charge is 0.457 e. The van der Waals surface area contributed by atoms with Crippen LogP contribution in [0.5, 0.6) is 0 Å². The lowest BCUT2D eigenvalue weighted by Gasteiger charge is -2.12. The van der Waals surface area contributed by atoms with Crippen LogP contribution < -0.4 is 0 Å². The summed E-state index contributed by atoms with van der Waals surface area (Å²) in [5.41, 5.74) is 4.77. The maximum Gasteiger partial charge on any atom is 0.333 e. The molecule has 0 aliphatic heterocycles. The van der Waals surface area contributed by atoms with Gasteiger partial charge >= 0.3 is 11.9 Å². The molecule has 3 aromatic rings. The molecule has 0 aliphatic carbocycles. The van der Waals surface area contributed by atoms with Crippen LogP contribution in [0.15, 0.2) is 98.1 Å². The van der Waals surface area contributed by atoms with Crippen LogP contribution in [0.4, 0.5) is 0 Å². The number of esters is 2. The lowest BCUT2D eigenvalue weighted by Crippen LogP contribution is -2.07. The fraction of sp³-hybridized carbons (Fsp3) is 0.133. The Balaban J connectivity index is 0.000000340. The van der Waals surface area contributed by atoms with E-state index in [0.717, 1.165) is 33.0 Å². The molecule has 0 aromatic heterocycles. The first-order valence-electron chi connectivity index (χ1n) is 10.8. The van der Waals surface area contributed by atoms with Gasteiger partial charge in [0.1, 0.15) is 13.2 Å². The fourth-order valence-electron chi connectivity index (χ4n) is 3.09. The Morgan fingerprint density at radius 1 is 0.676 bits per heavy atom. The van der Waals surface area contributed by atoms with Crippen molar-refractivity contribution >= 4 is 34.9 Å². The van der Waals surface area contributed by atoms with Gasteiger partial charge in [0.2, 0.25) is 0 Å². The molecule has 0 unspecified atom stereocenters. The first kappa shape index (κ1) is 26.1. The summed E-state index contributed by atoms with van der Waals surface area (Å²) in [6, 6.07) is 19.5. The summed E-state index contributed by atoms with van der Waals surface area (Å²) in [4.78, 5) is 23.1. The van der Waals surface area contributed by atoms with Gasteiger partial charge in [0.15, 0.2) is 0 Å². The van der Waals surface area contributed by atoms with Gasteiger partial charge in [-0.3, -0.25) is 0 Å². The highest BCUT2D eigenvalue weighted by molar-refractivity contribution is 5.90. The summed E-state index contributed by atoms with van der Waals surface area (Å²) in [5.74, 6) is -0.836. The Morgan fingerprint density at radius 3 is 1.35 bits per heavy atom. The van der Waals surface area contributed by atoms with Crippen molar-refractivity contribution in [3.8, 4) is 0 Å². The van der Waals surface area contributed by atoms with Gasteiger partial charge in [0, 0.05) is 11.1 Å². The molecule has 0 fully saturated rings. The highest BCUT2D eigenvalue weighted by Crippen LogP contribution is 2.24. The Labute approximate surface area is 201 Å². The number of carbonyl (C=O) groups is 2. The van der Waals surface area contributed by atoms with Crippen molar-refractivity contribution < 1.29 is 19.1 Å². The van der Waals surface area contributed by atoms with Gasteiger partial charge < -0.3 is 9.47 Å². The maximum absolute atomic E-state index is 11.6. The molecule has 0 bridgehead atoms. The standard InChI is InChI=1S/C20H20O4.C10H10/c1-13(2)19(21)23-11-15-9-10-16(12-24-20(22)14(3)4)18-8-6-5-7-17(15)18;1-3-9-7-5-6-8-10(9)4-2/h5-10H,1,3,11-12H2,2,4H3;3-8H,1-2H2. The Hall–Kier alpha value is -4.18. The first-order valence-corrected chi connectivity index (χ1v) is 10.8. The predicted molar refractivity (Wildman–Crippen MR) is 140 cm³/mol. The molecule has 3 rings (SSSR count). The van der Waals surface area contributed by atoms with E-state index in [9.17, 15) is 9.59 Å². The van der Waals surface area contributed by atoms with Crippen molar-refractivity contribution in [2.45, 2.75) is 27.1 Å². The number of carbonyl (C=O) groups excluding carboxylic acids is 2. The van der Waals surface area contributed by atoms with Gasteiger partial charge in [0.25, 0.3) is 0 Å². The number of ether oxygens (including phenoxy) is 2. The topological polar surface area (TPSA) is 52.6 Å². The number of rotatable bonds is 8. The van der Waals surface area contributed by atoms with Crippen molar-refractivity contribution in [2.75, 3.05) is 0 Å². The van der Waals surface area contributed by atoms with Crippen LogP contribution in [-0.2, 0) is 32.3 Å². The van der Waals surface area contributed by atoms with E-state index in [1.807, 2.05) is 72.8 Å². The fourth-order valence-corrected chi connectivity index (χ4v) is 3.09. The Bertz CT molecular complexity index is 1140. The summed E-state index contributed by atoms with van der Waals surface area (Å²) in [7, 11) is 0. The summed E-state index contributed by atoms with van der Waals surface area (Å²) < 4.78 is 10.5. The minimum absolute atomic E-state index is 0.165. The number of fused-ring (bicyclic) bond motifs is 1. The molecule has 0 N–H and O–H groups in total. The molecule has 4 heteroatoms. The monoisotopic (exact) mass is 454 g/mol. The van der Waals surface area contributed by atoms with Crippen LogP contribution in [0, 0.1) is 0 Å². The van der Waals surface area contributed by atoms with Crippen molar-refractivity contribution in [3.05, 3.63) is 120 Å². The summed E-state index contributed by atoms with van der Waals surface area (Å²) in [6.07, 6.45) is 3.66. The van der Waals surface area contributed by atoms with Gasteiger partial charge in [-0.05, 0) is 46.9 Å². The second-order valence-corrected chi connectivity index (χ2v) is 7.68. The molecular weight excluding hydrogens is 424 g/mol.